The van der Waals surface area contributed by atoms with Crippen molar-refractivity contribution >= 4 is 69.7 Å². The van der Waals surface area contributed by atoms with Crippen LogP contribution in [0.25, 0.3) is 0 Å². The number of carboxylic acids is 1. The van der Waals surface area contributed by atoms with Crippen LogP contribution in [0.5, 0.6) is 23.0 Å². The number of nitrogens with two attached hydrogens (primary N) is 1. The zero-order chi connectivity index (χ0) is 64.4. The first-order valence-electron chi connectivity index (χ1n) is 26.1. The monoisotopic (exact) mass is 1300 g/mol. The number of nitrogens with one attached hydrogen (secondary N) is 4. The van der Waals surface area contributed by atoms with Crippen molar-refractivity contribution in [3.8, 4) is 23.0 Å². The number of carboxylic acid groups (broad SMARTS) is 1. The smallest absolute Gasteiger partial charge is 0.322 e. The Labute approximate surface area is 509 Å². The molecule has 470 valence electrons. The fourth-order valence-corrected chi connectivity index (χ4v) is 13.1. The number of hydrogen-bond donors (Lipinski definition) is 6. The number of aliphatic carboxylic acids is 1. The summed E-state index contributed by atoms with van der Waals surface area (Å²) in [6, 6.07) is 14.4. The number of methoxy groups -OCH3 is 4. The molecule has 35 heteroatoms. The Morgan fingerprint density at radius 2 is 0.663 bits per heavy atom. The van der Waals surface area contributed by atoms with Crippen LogP contribution in [-0.4, -0.2) is 163 Å². The van der Waals surface area contributed by atoms with Gasteiger partial charge in [0.2, 0.25) is 23.6 Å². The lowest BCUT2D eigenvalue weighted by Crippen LogP contribution is -2.59. The van der Waals surface area contributed by atoms with Crippen molar-refractivity contribution in [3.05, 3.63) is 170 Å². The normalized spacial score (nSPS) is 13.2. The van der Waals surface area contributed by atoms with Crippen molar-refractivity contribution < 1.29 is 81.7 Å². The molecule has 89 heavy (non-hydrogen) atoms. The van der Waals surface area contributed by atoms with Crippen molar-refractivity contribution in [1.82, 2.24) is 57.1 Å². The van der Waals surface area contributed by atoms with E-state index >= 15 is 0 Å². The van der Waals surface area contributed by atoms with Gasteiger partial charge in [-0.3, -0.25) is 24.0 Å². The molecule has 0 spiro atoms. The second-order valence-corrected chi connectivity index (χ2v) is 26.6. The highest BCUT2D eigenvalue weighted by molar-refractivity contribution is 7.90. The molecule has 7 N–H and O–H groups in total. The Morgan fingerprint density at radius 3 is 0.921 bits per heavy atom. The predicted molar refractivity (Wildman–Crippen MR) is 310 cm³/mol. The SMILES string of the molecule is COc1ccc(S(=O)(=O)n2cnc(C[C@H](NC(=O)[C@H](Cc3cn(S(=O)(=O)c4ccc(OC)cc4)cn3)NC(=O)[C@H](Cc3cn(S(=O)(=O)c4ccc(OC)cc4)cn3)NC(=O)[C@@H](N)Cc3cn(S(=O)(=O)c4ccc(OC)cc4)cn3)C(=O)NCC(=O)O)c2)cc1. The largest absolute Gasteiger partial charge is 0.497 e. The maximum Gasteiger partial charge on any atom is 0.322 e. The standard InChI is InChI=1S/C54H57N13O18S4/c1-82-38-5-13-42(14-6-38)86(74,75)64-26-34(57-30-64)21-46(55)51(70)61-48(23-36-28-66(32-59-36)88(78,79)44-17-9-40(84-3)10-18-44)53(72)63-49(24-37-29-67(33-60-37)89(80,81)45-19-11-41(85-4)12-20-45)54(73)62-47(52(71)56-25-50(68)69)22-35-27-65(31-58-35)87(76,77)43-15-7-39(83-2)8-16-43/h5-20,26-33,46-49H,21-25,55H2,1-4H3,(H,56,71)(H,61,70)(H,62,73)(H,63,72)(H,68,69)/t46-,47-,48-,49-/m0/s1. The number of imidazole rings is 4. The minimum absolute atomic E-state index is 0.00553. The predicted octanol–water partition coefficient (Wildman–Crippen LogP) is -0.292. The fourth-order valence-electron chi connectivity index (χ4n) is 8.49. The van der Waals surface area contributed by atoms with Gasteiger partial charge in [-0.05, 0) is 97.1 Å². The molecule has 0 saturated heterocycles. The summed E-state index contributed by atoms with van der Waals surface area (Å²) >= 11 is 0. The van der Waals surface area contributed by atoms with E-state index in [4.69, 9.17) is 24.7 Å². The molecule has 0 bridgehead atoms. The van der Waals surface area contributed by atoms with Crippen LogP contribution in [0.2, 0.25) is 0 Å². The van der Waals surface area contributed by atoms with E-state index in [1.54, 1.807) is 0 Å². The molecule has 0 aliphatic heterocycles. The van der Waals surface area contributed by atoms with Crippen LogP contribution in [0.15, 0.2) is 167 Å². The number of benzene rings is 4. The highest BCUT2D eigenvalue weighted by Crippen LogP contribution is 2.24. The lowest BCUT2D eigenvalue weighted by Gasteiger charge is -2.25. The number of ether oxygens (including phenoxy) is 4. The molecule has 8 aromatic rings. The van der Waals surface area contributed by atoms with E-state index in [9.17, 15) is 62.8 Å². The van der Waals surface area contributed by atoms with Gasteiger partial charge >= 0.3 is 5.97 Å². The van der Waals surface area contributed by atoms with Crippen LogP contribution >= 0.6 is 0 Å². The van der Waals surface area contributed by atoms with Crippen LogP contribution in [-0.2, 0) is 89.7 Å². The third-order valence-corrected chi connectivity index (χ3v) is 19.8. The summed E-state index contributed by atoms with van der Waals surface area (Å²) < 4.78 is 133. The zero-order valence-electron chi connectivity index (χ0n) is 47.4. The number of hydrogen-bond acceptors (Lipinski definition) is 22. The molecule has 4 atom stereocenters. The Bertz CT molecular complexity index is 4340. The molecule has 4 aromatic heterocycles. The Kier molecular flexibility index (Phi) is 20.0. The number of carbonyl (C=O) groups is 5. The summed E-state index contributed by atoms with van der Waals surface area (Å²) in [7, 11) is -11.7. The zero-order valence-corrected chi connectivity index (χ0v) is 50.6. The van der Waals surface area contributed by atoms with Crippen molar-refractivity contribution in [2.75, 3.05) is 35.0 Å². The molecule has 4 heterocycles. The van der Waals surface area contributed by atoms with Crippen LogP contribution in [0, 0.1) is 0 Å². The van der Waals surface area contributed by atoms with Gasteiger partial charge < -0.3 is 51.1 Å². The highest BCUT2D eigenvalue weighted by atomic mass is 32.2. The topological polar surface area (TPSA) is 424 Å². The number of aromatic nitrogens is 8. The second kappa shape index (κ2) is 27.4. The van der Waals surface area contributed by atoms with Gasteiger partial charge in [0.05, 0.1) is 76.8 Å². The Morgan fingerprint density at radius 1 is 0.416 bits per heavy atom. The molecule has 0 fully saturated rings. The first-order chi connectivity index (χ1) is 42.2. The van der Waals surface area contributed by atoms with Crippen LogP contribution in [0.4, 0.5) is 0 Å². The van der Waals surface area contributed by atoms with Gasteiger partial charge in [-0.1, -0.05) is 0 Å². The number of carbonyl (C=O) groups excluding carboxylic acids is 4. The third-order valence-electron chi connectivity index (χ3n) is 13.3. The van der Waals surface area contributed by atoms with E-state index in [0.717, 1.165) is 66.0 Å². The van der Waals surface area contributed by atoms with E-state index in [1.807, 2.05) is 0 Å². The van der Waals surface area contributed by atoms with Gasteiger partial charge in [-0.25, -0.2) is 69.5 Å². The van der Waals surface area contributed by atoms with Crippen LogP contribution in [0.1, 0.15) is 22.8 Å². The minimum atomic E-state index is -4.38. The molecule has 31 nitrogen and oxygen atoms in total. The minimum Gasteiger partial charge on any atom is -0.497 e. The van der Waals surface area contributed by atoms with Gasteiger partial charge in [0.15, 0.2) is 0 Å². The van der Waals surface area contributed by atoms with Crippen LogP contribution < -0.4 is 45.9 Å². The summed E-state index contributed by atoms with van der Waals surface area (Å²) in [6.07, 6.45) is 5.61. The first kappa shape index (κ1) is 65.0. The van der Waals surface area contributed by atoms with Crippen LogP contribution in [0.3, 0.4) is 0 Å². The van der Waals surface area contributed by atoms with Gasteiger partial charge in [-0.2, -0.15) is 0 Å². The molecule has 4 amide bonds. The maximum absolute atomic E-state index is 14.9. The highest BCUT2D eigenvalue weighted by Gasteiger charge is 2.34. The van der Waals surface area contributed by atoms with Crippen molar-refractivity contribution in [3.63, 3.8) is 0 Å². The lowest BCUT2D eigenvalue weighted by molar-refractivity contribution is -0.138. The third kappa shape index (κ3) is 15.4. The molecule has 4 aromatic carbocycles. The number of nitrogens with zero attached hydrogens (tertiary/aromatic N) is 8. The van der Waals surface area contributed by atoms with Gasteiger partial charge in [0, 0.05) is 50.5 Å². The van der Waals surface area contributed by atoms with Gasteiger partial charge in [0.25, 0.3) is 40.1 Å². The molecule has 8 rings (SSSR count). The van der Waals surface area contributed by atoms with Gasteiger partial charge in [-0.15, -0.1) is 0 Å². The first-order valence-corrected chi connectivity index (χ1v) is 31.9. The summed E-state index contributed by atoms with van der Waals surface area (Å²) in [5.41, 5.74) is 5.96. The van der Waals surface area contributed by atoms with Gasteiger partial charge in [0.1, 0.15) is 73.0 Å². The second-order valence-electron chi connectivity index (χ2n) is 19.2. The van der Waals surface area contributed by atoms with E-state index in [2.05, 4.69) is 41.2 Å². The average Bonchev–Trinajstić information content (AvgIpc) is 2.26. The number of amides is 4. The molecule has 0 saturated carbocycles. The molecular formula is C54H57N13O18S4. The molecule has 0 aliphatic carbocycles. The van der Waals surface area contributed by atoms with E-state index < -0.39 is 126 Å². The Balaban J connectivity index is 1.12. The van der Waals surface area contributed by atoms with Crippen molar-refractivity contribution in [2.45, 2.75) is 69.4 Å². The summed E-state index contributed by atoms with van der Waals surface area (Å²) in [4.78, 5) is 85.3. The van der Waals surface area contributed by atoms with E-state index in [-0.39, 0.29) is 42.4 Å². The lowest BCUT2D eigenvalue weighted by atomic mass is 10.1. The maximum atomic E-state index is 14.9. The number of rotatable bonds is 29. The quantitative estimate of drug-likeness (QED) is 0.0351. The molecule has 0 radical (unpaired) electrons. The average molecular weight is 1300 g/mol. The molecular weight excluding hydrogens is 1250 g/mol. The molecule has 0 aliphatic rings. The summed E-state index contributed by atoms with van der Waals surface area (Å²) in [6.45, 7) is -0.961. The fraction of sp³-hybridized carbons (Fsp3) is 0.241. The summed E-state index contributed by atoms with van der Waals surface area (Å²) in [5.74, 6) is -4.65. The molecule has 0 unspecified atom stereocenters. The van der Waals surface area contributed by atoms with E-state index in [1.165, 1.54) is 126 Å². The van der Waals surface area contributed by atoms with Crippen molar-refractivity contribution in [1.29, 1.82) is 0 Å². The van der Waals surface area contributed by atoms with Crippen molar-refractivity contribution in [2.24, 2.45) is 5.73 Å². The summed E-state index contributed by atoms with van der Waals surface area (Å²) in [5, 5.41) is 19.0. The van der Waals surface area contributed by atoms with E-state index in [0.29, 0.717) is 23.0 Å². The Hall–Kier alpha value is -9.97.